The van der Waals surface area contributed by atoms with Crippen molar-refractivity contribution >= 4 is 15.7 Å². The second-order valence-electron chi connectivity index (χ2n) is 3.79. The van der Waals surface area contributed by atoms with E-state index < -0.39 is 10.0 Å². The lowest BCUT2D eigenvalue weighted by Gasteiger charge is -2.26. The first-order valence-corrected chi connectivity index (χ1v) is 6.94. The van der Waals surface area contributed by atoms with E-state index in [1.165, 1.54) is 4.31 Å². The van der Waals surface area contributed by atoms with Gasteiger partial charge in [0.1, 0.15) is 0 Å². The number of hydrogen-bond donors (Lipinski definition) is 1. The third-order valence-corrected chi connectivity index (χ3v) is 4.66. The standard InChI is InChI=1S/C11H16N2O3S/c1-12-10-2-4-11(5-3-10)17(14,15)13-6-8-16-9-7-13/h2-5,12H,6-9H2,1H3. The van der Waals surface area contributed by atoms with Gasteiger partial charge >= 0.3 is 0 Å². The van der Waals surface area contributed by atoms with Crippen LogP contribution in [0.5, 0.6) is 0 Å². The molecule has 1 aromatic rings. The molecule has 5 nitrogen and oxygen atoms in total. The van der Waals surface area contributed by atoms with E-state index in [9.17, 15) is 8.42 Å². The van der Waals surface area contributed by atoms with Gasteiger partial charge < -0.3 is 10.1 Å². The van der Waals surface area contributed by atoms with Crippen molar-refractivity contribution < 1.29 is 13.2 Å². The lowest BCUT2D eigenvalue weighted by Crippen LogP contribution is -2.40. The molecule has 0 bridgehead atoms. The van der Waals surface area contributed by atoms with E-state index in [1.807, 2.05) is 0 Å². The molecule has 1 aliphatic heterocycles. The van der Waals surface area contributed by atoms with E-state index >= 15 is 0 Å². The Hall–Kier alpha value is -1.11. The number of nitrogens with zero attached hydrogens (tertiary/aromatic N) is 1. The van der Waals surface area contributed by atoms with Gasteiger partial charge in [-0.05, 0) is 24.3 Å². The van der Waals surface area contributed by atoms with Crippen LogP contribution in [0.4, 0.5) is 5.69 Å². The molecular weight excluding hydrogens is 240 g/mol. The third kappa shape index (κ3) is 2.59. The molecule has 1 aromatic carbocycles. The molecule has 0 saturated carbocycles. The first-order chi connectivity index (χ1) is 8.14. The second kappa shape index (κ2) is 5.03. The fourth-order valence-corrected chi connectivity index (χ4v) is 3.14. The molecular formula is C11H16N2O3S. The Morgan fingerprint density at radius 2 is 1.76 bits per heavy atom. The monoisotopic (exact) mass is 256 g/mol. The van der Waals surface area contributed by atoms with Crippen molar-refractivity contribution in [2.45, 2.75) is 4.90 Å². The van der Waals surface area contributed by atoms with E-state index in [1.54, 1.807) is 31.3 Å². The van der Waals surface area contributed by atoms with Crippen LogP contribution in [0.3, 0.4) is 0 Å². The van der Waals surface area contributed by atoms with Crippen LogP contribution in [0, 0.1) is 0 Å². The van der Waals surface area contributed by atoms with Crippen LogP contribution < -0.4 is 5.32 Å². The van der Waals surface area contributed by atoms with Crippen molar-refractivity contribution in [3.63, 3.8) is 0 Å². The molecule has 0 aliphatic carbocycles. The maximum atomic E-state index is 12.2. The minimum absolute atomic E-state index is 0.332. The molecule has 0 atom stereocenters. The first kappa shape index (κ1) is 12.3. The molecule has 2 rings (SSSR count). The summed E-state index contributed by atoms with van der Waals surface area (Å²) in [6.45, 7) is 1.79. The van der Waals surface area contributed by atoms with Gasteiger partial charge in [-0.2, -0.15) is 4.31 Å². The van der Waals surface area contributed by atoms with E-state index in [2.05, 4.69) is 5.32 Å². The van der Waals surface area contributed by atoms with Crippen LogP contribution >= 0.6 is 0 Å². The zero-order valence-electron chi connectivity index (χ0n) is 9.72. The molecule has 0 amide bonds. The van der Waals surface area contributed by atoms with Gasteiger partial charge in [-0.15, -0.1) is 0 Å². The predicted molar refractivity (Wildman–Crippen MR) is 65.6 cm³/mol. The summed E-state index contributed by atoms with van der Waals surface area (Å²) in [5.41, 5.74) is 0.894. The number of nitrogens with one attached hydrogen (secondary N) is 1. The quantitative estimate of drug-likeness (QED) is 0.867. The Morgan fingerprint density at radius 3 is 2.29 bits per heavy atom. The van der Waals surface area contributed by atoms with Crippen LogP contribution in [0.25, 0.3) is 0 Å². The highest BCUT2D eigenvalue weighted by atomic mass is 32.2. The van der Waals surface area contributed by atoms with Crippen molar-refractivity contribution in [2.75, 3.05) is 38.7 Å². The average molecular weight is 256 g/mol. The summed E-state index contributed by atoms with van der Waals surface area (Å²) in [7, 11) is -1.56. The number of morpholine rings is 1. The van der Waals surface area contributed by atoms with Gasteiger partial charge in [-0.25, -0.2) is 8.42 Å². The van der Waals surface area contributed by atoms with Gasteiger partial charge in [0.25, 0.3) is 0 Å². The van der Waals surface area contributed by atoms with Crippen molar-refractivity contribution in [1.29, 1.82) is 0 Å². The fourth-order valence-electron chi connectivity index (χ4n) is 1.73. The Morgan fingerprint density at radius 1 is 1.18 bits per heavy atom. The highest BCUT2D eigenvalue weighted by Crippen LogP contribution is 2.18. The summed E-state index contributed by atoms with van der Waals surface area (Å²) in [4.78, 5) is 0.332. The van der Waals surface area contributed by atoms with Crippen LogP contribution in [-0.2, 0) is 14.8 Å². The van der Waals surface area contributed by atoms with Gasteiger partial charge in [-0.1, -0.05) is 0 Å². The van der Waals surface area contributed by atoms with E-state index in [0.29, 0.717) is 31.2 Å². The molecule has 1 aliphatic rings. The van der Waals surface area contributed by atoms with Gasteiger partial charge in [0.2, 0.25) is 10.0 Å². The van der Waals surface area contributed by atoms with E-state index in [4.69, 9.17) is 4.74 Å². The third-order valence-electron chi connectivity index (χ3n) is 2.75. The van der Waals surface area contributed by atoms with Crippen LogP contribution in [0.1, 0.15) is 0 Å². The summed E-state index contributed by atoms with van der Waals surface area (Å²) < 4.78 is 31.1. The summed E-state index contributed by atoms with van der Waals surface area (Å²) in [6, 6.07) is 6.76. The molecule has 1 N–H and O–H groups in total. The van der Waals surface area contributed by atoms with Gasteiger partial charge in [0.05, 0.1) is 18.1 Å². The van der Waals surface area contributed by atoms with E-state index in [-0.39, 0.29) is 0 Å². The normalized spacial score (nSPS) is 17.9. The lowest BCUT2D eigenvalue weighted by atomic mass is 10.3. The first-order valence-electron chi connectivity index (χ1n) is 5.50. The average Bonchev–Trinajstić information content (AvgIpc) is 2.40. The molecule has 0 unspecified atom stereocenters. The number of benzene rings is 1. The van der Waals surface area contributed by atoms with Gasteiger partial charge in [0.15, 0.2) is 0 Å². The van der Waals surface area contributed by atoms with Gasteiger partial charge in [-0.3, -0.25) is 0 Å². The van der Waals surface area contributed by atoms with Crippen molar-refractivity contribution in [3.05, 3.63) is 24.3 Å². The lowest BCUT2D eigenvalue weighted by molar-refractivity contribution is 0.0730. The predicted octanol–water partition coefficient (Wildman–Crippen LogP) is 0.749. The molecule has 1 fully saturated rings. The number of hydrogen-bond acceptors (Lipinski definition) is 4. The molecule has 0 radical (unpaired) electrons. The highest BCUT2D eigenvalue weighted by molar-refractivity contribution is 7.89. The number of rotatable bonds is 3. The topological polar surface area (TPSA) is 58.6 Å². The summed E-state index contributed by atoms with van der Waals surface area (Å²) in [6.07, 6.45) is 0. The number of ether oxygens (including phenoxy) is 1. The van der Waals surface area contributed by atoms with Crippen molar-refractivity contribution in [2.24, 2.45) is 0 Å². The molecule has 1 heterocycles. The van der Waals surface area contributed by atoms with Gasteiger partial charge in [0, 0.05) is 25.8 Å². The number of anilines is 1. The maximum Gasteiger partial charge on any atom is 0.243 e. The molecule has 94 valence electrons. The van der Waals surface area contributed by atoms with Crippen LogP contribution in [-0.4, -0.2) is 46.1 Å². The van der Waals surface area contributed by atoms with Crippen molar-refractivity contribution in [1.82, 2.24) is 4.31 Å². The Bertz CT molecular complexity index is 464. The molecule has 1 saturated heterocycles. The maximum absolute atomic E-state index is 12.2. The Labute approximate surface area is 101 Å². The van der Waals surface area contributed by atoms with Crippen molar-refractivity contribution in [3.8, 4) is 0 Å². The Kier molecular flexibility index (Phi) is 3.66. The molecule has 17 heavy (non-hydrogen) atoms. The smallest absolute Gasteiger partial charge is 0.243 e. The molecule has 0 spiro atoms. The fraction of sp³-hybridized carbons (Fsp3) is 0.455. The zero-order valence-corrected chi connectivity index (χ0v) is 10.5. The molecule has 0 aromatic heterocycles. The number of sulfonamides is 1. The minimum Gasteiger partial charge on any atom is -0.388 e. The zero-order chi connectivity index (χ0) is 12.3. The minimum atomic E-state index is -3.36. The molecule has 6 heteroatoms. The van der Waals surface area contributed by atoms with Crippen LogP contribution in [0.2, 0.25) is 0 Å². The SMILES string of the molecule is CNc1ccc(S(=O)(=O)N2CCOCC2)cc1. The largest absolute Gasteiger partial charge is 0.388 e. The Balaban J connectivity index is 2.23. The van der Waals surface area contributed by atoms with Crippen LogP contribution in [0.15, 0.2) is 29.2 Å². The summed E-state index contributed by atoms with van der Waals surface area (Å²) in [5, 5.41) is 2.96. The highest BCUT2D eigenvalue weighted by Gasteiger charge is 2.25. The summed E-state index contributed by atoms with van der Waals surface area (Å²) >= 11 is 0. The summed E-state index contributed by atoms with van der Waals surface area (Å²) in [5.74, 6) is 0. The second-order valence-corrected chi connectivity index (χ2v) is 5.73. The van der Waals surface area contributed by atoms with E-state index in [0.717, 1.165) is 5.69 Å².